The fourth-order valence-electron chi connectivity index (χ4n) is 2.79. The van der Waals surface area contributed by atoms with Crippen LogP contribution in [0.5, 0.6) is 0 Å². The van der Waals surface area contributed by atoms with Crippen molar-refractivity contribution < 1.29 is 46.5 Å². The van der Waals surface area contributed by atoms with Gasteiger partial charge in [0.05, 0.1) is 11.4 Å². The summed E-state index contributed by atoms with van der Waals surface area (Å²) in [5.41, 5.74) is 1.18. The number of carbonyl (C=O) groups excluding carboxylic acids is 4. The Morgan fingerprint density at radius 3 is 1.35 bits per heavy atom. The quantitative estimate of drug-likeness (QED) is 0.134. The minimum Gasteiger partial charge on any atom is -0.561 e. The summed E-state index contributed by atoms with van der Waals surface area (Å²) in [4.78, 5) is 51.1. The maximum atomic E-state index is 11.1. The van der Waals surface area contributed by atoms with Crippen LogP contribution in [0.4, 0.5) is 11.4 Å². The Balaban J connectivity index is 0.000000253. The molecule has 0 unspecified atom stereocenters. The van der Waals surface area contributed by atoms with Crippen LogP contribution in [0.15, 0.2) is 93.5 Å². The van der Waals surface area contributed by atoms with E-state index >= 15 is 0 Å². The van der Waals surface area contributed by atoms with Gasteiger partial charge >= 0.3 is 40.6 Å². The van der Waals surface area contributed by atoms with Gasteiger partial charge in [0.15, 0.2) is 0 Å². The number of ketones is 2. The van der Waals surface area contributed by atoms with Gasteiger partial charge in [-0.3, -0.25) is 9.59 Å². The summed E-state index contributed by atoms with van der Waals surface area (Å²) in [6, 6.07) is 20.3. The smallest absolute Gasteiger partial charge is 0.561 e. The van der Waals surface area contributed by atoms with Crippen molar-refractivity contribution in [1.82, 2.24) is 0 Å². The minimum absolute atomic E-state index is 0. The number of para-hydroxylation sites is 2. The van der Waals surface area contributed by atoms with Crippen LogP contribution in [0.1, 0.15) is 30.5 Å². The van der Waals surface area contributed by atoms with Crippen molar-refractivity contribution in [1.29, 1.82) is 0 Å². The van der Waals surface area contributed by atoms with E-state index in [0.717, 1.165) is 0 Å². The van der Waals surface area contributed by atoms with Gasteiger partial charge in [-0.1, -0.05) is 36.4 Å². The van der Waals surface area contributed by atoms with E-state index in [1.807, 2.05) is 22.9 Å². The number of benzene rings is 2. The van der Waals surface area contributed by atoms with Gasteiger partial charge in [0.25, 0.3) is 0 Å². The van der Waals surface area contributed by atoms with Gasteiger partial charge in [0, 0.05) is 9.59 Å². The van der Waals surface area contributed by atoms with Crippen LogP contribution in [0.2, 0.25) is 0 Å². The molecule has 0 fully saturated rings. The Labute approximate surface area is 230 Å². The maximum absolute atomic E-state index is 11.1. The van der Waals surface area contributed by atoms with Gasteiger partial charge in [-0.05, 0) is 47.2 Å². The van der Waals surface area contributed by atoms with E-state index < -0.39 is 11.9 Å². The largest absolute Gasteiger partial charge is 2.00 e. The maximum Gasteiger partial charge on any atom is 2.00 e. The molecule has 0 saturated heterocycles. The van der Waals surface area contributed by atoms with Crippen molar-refractivity contribution in [3.63, 3.8) is 0 Å². The second-order valence-corrected chi connectivity index (χ2v) is 8.83. The van der Waals surface area contributed by atoms with E-state index in [0.29, 0.717) is 21.1 Å². The van der Waals surface area contributed by atoms with Crippen LogP contribution in [0, 0.1) is 0 Å². The van der Waals surface area contributed by atoms with Crippen LogP contribution in [-0.4, -0.2) is 55.7 Å². The van der Waals surface area contributed by atoms with E-state index in [2.05, 4.69) is 9.98 Å². The van der Waals surface area contributed by atoms with Gasteiger partial charge in [0.1, 0.15) is 33.3 Å². The van der Waals surface area contributed by atoms with E-state index in [1.165, 1.54) is 47.2 Å². The Hall–Kier alpha value is -4.02. The third-order valence-electron chi connectivity index (χ3n) is 4.50. The van der Waals surface area contributed by atoms with Gasteiger partial charge in [-0.15, -0.1) is 22.7 Å². The summed E-state index contributed by atoms with van der Waals surface area (Å²) in [7, 11) is 0. The molecule has 2 aromatic carbocycles. The zero-order valence-corrected chi connectivity index (χ0v) is 21.5. The third kappa shape index (κ3) is 8.55. The molecule has 2 heterocycles. The molecule has 1 radical (unpaired) electrons. The Morgan fingerprint density at radius 1 is 0.649 bits per heavy atom. The molecule has 4 rings (SSSR count). The fraction of sp³-hybridized carbons (Fsp3) is 0. The van der Waals surface area contributed by atoms with Crippen molar-refractivity contribution in [2.24, 2.45) is 9.98 Å². The summed E-state index contributed by atoms with van der Waals surface area (Å²) >= 11 is 2.79. The summed E-state index contributed by atoms with van der Waals surface area (Å²) < 4.78 is 0. The first-order valence-corrected chi connectivity index (χ1v) is 12.1. The molecule has 2 aromatic heterocycles. The molecule has 37 heavy (non-hydrogen) atoms. The van der Waals surface area contributed by atoms with Crippen LogP contribution < -0.4 is 0 Å². The molecule has 0 aliphatic rings. The molecule has 0 aliphatic heterocycles. The number of carbonyl (C=O) groups is 2. The molecule has 189 valence electrons. The molecule has 0 aliphatic carbocycles. The van der Waals surface area contributed by atoms with Gasteiger partial charge in [-0.25, -0.2) is 9.98 Å². The number of hydrogen-bond acceptors (Lipinski definition) is 6. The Morgan fingerprint density at radius 2 is 1.03 bits per heavy atom. The summed E-state index contributed by atoms with van der Waals surface area (Å²) in [5.74, 6) is -1.51. The van der Waals surface area contributed by atoms with Gasteiger partial charge in [-0.2, -0.15) is 0 Å². The average molecular weight is 586 g/mol. The zero-order valence-electron chi connectivity index (χ0n) is 19.0. The van der Waals surface area contributed by atoms with Crippen molar-refractivity contribution in [3.05, 3.63) is 104 Å². The second kappa shape index (κ2) is 14.5. The van der Waals surface area contributed by atoms with Gasteiger partial charge < -0.3 is 10.2 Å². The van der Waals surface area contributed by atoms with E-state index in [1.54, 1.807) is 48.5 Å². The molecule has 11 heteroatoms. The summed E-state index contributed by atoms with van der Waals surface area (Å²) in [6.45, 7) is 0. The van der Waals surface area contributed by atoms with Crippen LogP contribution in [0.25, 0.3) is 0 Å². The standard InChI is InChI=1S/2C13H9NO3S.Cu/c2*15-11(12-6-3-7-18-12)8-14-10-5-2-1-4-9(10)13(16)17;/h2*1-8H,(H,16,17);/q;;+2/p+4. The number of hydrogen-bond donors (Lipinski definition) is 0. The Kier molecular flexibility index (Phi) is 11.5. The van der Waals surface area contributed by atoms with Crippen molar-refractivity contribution in [3.8, 4) is 0 Å². The first-order chi connectivity index (χ1) is 17.4. The monoisotopic (exact) mass is 585 g/mol. The fourth-order valence-corrected chi connectivity index (χ4v) is 4.06. The first kappa shape index (κ1) is 29.2. The third-order valence-corrected chi connectivity index (χ3v) is 6.28. The average Bonchev–Trinajstić information content (AvgIpc) is 3.61. The van der Waals surface area contributed by atoms with Crippen molar-refractivity contribution >= 4 is 70.0 Å². The number of thiophene rings is 2. The molecule has 0 spiro atoms. The molecule has 0 atom stereocenters. The van der Waals surface area contributed by atoms with Crippen molar-refractivity contribution in [2.45, 2.75) is 0 Å². The number of nitrogens with zero attached hydrogens (tertiary/aromatic N) is 2. The van der Waals surface area contributed by atoms with Crippen LogP contribution in [0.3, 0.4) is 0 Å². The molecule has 0 saturated carbocycles. The minimum atomic E-state index is -0.793. The Bertz CT molecular complexity index is 1320. The van der Waals surface area contributed by atoms with Crippen molar-refractivity contribution in [2.75, 3.05) is 0 Å². The zero-order chi connectivity index (χ0) is 25.9. The normalized spacial score (nSPS) is 10.4. The molecule has 0 amide bonds. The second-order valence-electron chi connectivity index (χ2n) is 6.93. The van der Waals surface area contributed by atoms with E-state index in [-0.39, 0.29) is 39.8 Å². The van der Waals surface area contributed by atoms with Gasteiger partial charge in [0.2, 0.25) is 0 Å². The summed E-state index contributed by atoms with van der Waals surface area (Å²) in [5, 5.41) is 17.9. The molecule has 0 bridgehead atoms. The first-order valence-electron chi connectivity index (χ1n) is 10.3. The van der Waals surface area contributed by atoms with Crippen LogP contribution >= 0.6 is 22.7 Å². The summed E-state index contributed by atoms with van der Waals surface area (Å²) in [6.07, 6.45) is 2.57. The molecule has 4 aromatic rings. The number of rotatable bonds is 8. The predicted octanol–water partition coefficient (Wildman–Crippen LogP) is 3.81. The molecular formula is C26H22CuN2O6S2+6. The topological polar surface area (TPSA) is 147 Å². The SMILES string of the molecule is O=C([OH2+])c1ccccc1N=CC(=[OH+])c1cccs1.O=C([OH2+])c1ccccc1N=CC(=[OH+])c1cccs1.[Cu+2]. The van der Waals surface area contributed by atoms with Crippen LogP contribution in [-0.2, 0) is 17.1 Å². The molecule has 8 nitrogen and oxygen atoms in total. The molecule has 6 N–H and O–H groups in total. The van der Waals surface area contributed by atoms with E-state index in [9.17, 15) is 19.2 Å². The van der Waals surface area contributed by atoms with E-state index in [4.69, 9.17) is 10.2 Å². The predicted molar refractivity (Wildman–Crippen MR) is 146 cm³/mol. The number of aliphatic imine (C=N–C) groups is 2. The molecular weight excluding hydrogens is 564 g/mol.